The number of hydrogen-bond acceptors (Lipinski definition) is 4. The number of carbonyl (C=O) groups is 1. The zero-order chi connectivity index (χ0) is 15.0. The molecule has 2 N–H and O–H groups in total. The van der Waals surface area contributed by atoms with Crippen LogP contribution in [0.5, 0.6) is 0 Å². The van der Waals surface area contributed by atoms with E-state index in [0.717, 1.165) is 12.8 Å². The summed E-state index contributed by atoms with van der Waals surface area (Å²) in [7, 11) is 0. The van der Waals surface area contributed by atoms with Crippen molar-refractivity contribution in [1.82, 2.24) is 10.6 Å². The number of benzene rings is 1. The lowest BCUT2D eigenvalue weighted by atomic mass is 10.2. The highest BCUT2D eigenvalue weighted by Gasteiger charge is 2.09. The summed E-state index contributed by atoms with van der Waals surface area (Å²) in [5.74, 6) is -0.216. The second kappa shape index (κ2) is 8.27. The van der Waals surface area contributed by atoms with Crippen LogP contribution >= 0.6 is 0 Å². The predicted molar refractivity (Wildman–Crippen MR) is 77.8 cm³/mol. The van der Waals surface area contributed by atoms with Crippen LogP contribution in [-0.4, -0.2) is 30.0 Å². The third-order valence-electron chi connectivity index (χ3n) is 3.17. The van der Waals surface area contributed by atoms with Crippen LogP contribution in [0.25, 0.3) is 0 Å². The molecule has 1 rings (SSSR count). The van der Waals surface area contributed by atoms with Gasteiger partial charge in [0.15, 0.2) is 0 Å². The first-order chi connectivity index (χ1) is 9.58. The van der Waals surface area contributed by atoms with Crippen molar-refractivity contribution in [3.63, 3.8) is 0 Å². The SMILES string of the molecule is CCC(CC)NCCNC(=O)c1ccc([N+](=O)[O-])cc1. The molecule has 0 bridgehead atoms. The molecule has 0 saturated heterocycles. The molecular weight excluding hydrogens is 258 g/mol. The number of carbonyl (C=O) groups excluding carboxylic acids is 1. The molecule has 110 valence electrons. The van der Waals surface area contributed by atoms with Gasteiger partial charge >= 0.3 is 0 Å². The number of nitro groups is 1. The zero-order valence-electron chi connectivity index (χ0n) is 11.9. The summed E-state index contributed by atoms with van der Waals surface area (Å²) < 4.78 is 0. The van der Waals surface area contributed by atoms with Crippen LogP contribution in [0.1, 0.15) is 37.0 Å². The van der Waals surface area contributed by atoms with Crippen molar-refractivity contribution in [2.45, 2.75) is 32.7 Å². The number of nitrogens with zero attached hydrogens (tertiary/aromatic N) is 1. The fourth-order valence-corrected chi connectivity index (χ4v) is 1.87. The number of rotatable bonds is 8. The smallest absolute Gasteiger partial charge is 0.269 e. The number of non-ortho nitro benzene ring substituents is 1. The van der Waals surface area contributed by atoms with Gasteiger partial charge in [-0.3, -0.25) is 14.9 Å². The van der Waals surface area contributed by atoms with Gasteiger partial charge in [-0.05, 0) is 25.0 Å². The minimum Gasteiger partial charge on any atom is -0.351 e. The standard InChI is InChI=1S/C14H21N3O3/c1-3-12(4-2)15-9-10-16-14(18)11-5-7-13(8-6-11)17(19)20/h5-8,12,15H,3-4,9-10H2,1-2H3,(H,16,18). The Morgan fingerprint density at radius 3 is 2.30 bits per heavy atom. The number of nitro benzene ring substituents is 1. The minimum absolute atomic E-state index is 0.0167. The van der Waals surface area contributed by atoms with E-state index in [2.05, 4.69) is 24.5 Å². The Balaban J connectivity index is 2.37. The van der Waals surface area contributed by atoms with Crippen LogP contribution in [0.3, 0.4) is 0 Å². The van der Waals surface area contributed by atoms with Crippen molar-refractivity contribution in [2.75, 3.05) is 13.1 Å². The first-order valence-electron chi connectivity index (χ1n) is 6.84. The maximum absolute atomic E-state index is 11.8. The Labute approximate surface area is 118 Å². The summed E-state index contributed by atoms with van der Waals surface area (Å²) in [6, 6.07) is 6.06. The van der Waals surface area contributed by atoms with Crippen LogP contribution in [0, 0.1) is 10.1 Å². The maximum Gasteiger partial charge on any atom is 0.269 e. The number of hydrogen-bond donors (Lipinski definition) is 2. The summed E-state index contributed by atoms with van der Waals surface area (Å²) in [5, 5.41) is 16.6. The van der Waals surface area contributed by atoms with Crippen molar-refractivity contribution in [2.24, 2.45) is 0 Å². The van der Waals surface area contributed by atoms with E-state index in [1.165, 1.54) is 24.3 Å². The lowest BCUT2D eigenvalue weighted by Gasteiger charge is -2.14. The molecule has 0 saturated carbocycles. The average molecular weight is 279 g/mol. The second-order valence-corrected chi connectivity index (χ2v) is 4.53. The van der Waals surface area contributed by atoms with E-state index in [1.807, 2.05) is 0 Å². The van der Waals surface area contributed by atoms with E-state index in [9.17, 15) is 14.9 Å². The van der Waals surface area contributed by atoms with Gasteiger partial charge in [-0.15, -0.1) is 0 Å². The first-order valence-corrected chi connectivity index (χ1v) is 6.84. The lowest BCUT2D eigenvalue weighted by molar-refractivity contribution is -0.384. The zero-order valence-corrected chi connectivity index (χ0v) is 11.9. The van der Waals surface area contributed by atoms with Gasteiger partial charge in [-0.2, -0.15) is 0 Å². The fourth-order valence-electron chi connectivity index (χ4n) is 1.87. The maximum atomic E-state index is 11.8. The van der Waals surface area contributed by atoms with Gasteiger partial charge in [0.05, 0.1) is 4.92 Å². The fraction of sp³-hybridized carbons (Fsp3) is 0.500. The molecule has 0 spiro atoms. The number of nitrogens with one attached hydrogen (secondary N) is 2. The van der Waals surface area contributed by atoms with E-state index in [-0.39, 0.29) is 11.6 Å². The molecule has 1 aromatic carbocycles. The summed E-state index contributed by atoms with van der Waals surface area (Å²) in [6.45, 7) is 5.49. The van der Waals surface area contributed by atoms with E-state index in [0.29, 0.717) is 24.7 Å². The van der Waals surface area contributed by atoms with Gasteiger partial charge in [0.2, 0.25) is 0 Å². The van der Waals surface area contributed by atoms with Crippen molar-refractivity contribution < 1.29 is 9.72 Å². The number of amides is 1. The van der Waals surface area contributed by atoms with Crippen LogP contribution in [0.4, 0.5) is 5.69 Å². The normalized spacial score (nSPS) is 10.6. The molecule has 6 nitrogen and oxygen atoms in total. The average Bonchev–Trinajstić information content (AvgIpc) is 2.47. The van der Waals surface area contributed by atoms with Crippen LogP contribution in [-0.2, 0) is 0 Å². The molecule has 0 aromatic heterocycles. The Kier molecular flexibility index (Phi) is 6.66. The summed E-state index contributed by atoms with van der Waals surface area (Å²) in [4.78, 5) is 21.8. The quantitative estimate of drug-likeness (QED) is 0.433. The van der Waals surface area contributed by atoms with Crippen molar-refractivity contribution in [3.8, 4) is 0 Å². The second-order valence-electron chi connectivity index (χ2n) is 4.53. The Morgan fingerprint density at radius 2 is 1.80 bits per heavy atom. The molecule has 0 unspecified atom stereocenters. The van der Waals surface area contributed by atoms with E-state index >= 15 is 0 Å². The molecule has 0 atom stereocenters. The van der Waals surface area contributed by atoms with Gasteiger partial charge < -0.3 is 10.6 Å². The van der Waals surface area contributed by atoms with E-state index < -0.39 is 4.92 Å². The topological polar surface area (TPSA) is 84.3 Å². The van der Waals surface area contributed by atoms with Gasteiger partial charge in [-0.25, -0.2) is 0 Å². The van der Waals surface area contributed by atoms with Crippen LogP contribution in [0.2, 0.25) is 0 Å². The van der Waals surface area contributed by atoms with Crippen LogP contribution in [0.15, 0.2) is 24.3 Å². The molecule has 0 heterocycles. The molecule has 0 aliphatic rings. The van der Waals surface area contributed by atoms with Gasteiger partial charge in [-0.1, -0.05) is 13.8 Å². The Morgan fingerprint density at radius 1 is 1.20 bits per heavy atom. The summed E-state index contributed by atoms with van der Waals surface area (Å²) >= 11 is 0. The molecule has 0 radical (unpaired) electrons. The Bertz CT molecular complexity index is 441. The first kappa shape index (κ1) is 16.1. The van der Waals surface area contributed by atoms with Gasteiger partial charge in [0.25, 0.3) is 11.6 Å². The predicted octanol–water partition coefficient (Wildman–Crippen LogP) is 2.10. The molecular formula is C14H21N3O3. The third kappa shape index (κ3) is 4.97. The van der Waals surface area contributed by atoms with Crippen molar-refractivity contribution >= 4 is 11.6 Å². The van der Waals surface area contributed by atoms with E-state index in [4.69, 9.17) is 0 Å². The molecule has 0 aliphatic heterocycles. The van der Waals surface area contributed by atoms with Gasteiger partial charge in [0, 0.05) is 36.8 Å². The lowest BCUT2D eigenvalue weighted by Crippen LogP contribution is -2.36. The summed E-state index contributed by atoms with van der Waals surface area (Å²) in [5.41, 5.74) is 0.412. The van der Waals surface area contributed by atoms with Crippen molar-refractivity contribution in [3.05, 3.63) is 39.9 Å². The highest BCUT2D eigenvalue weighted by atomic mass is 16.6. The highest BCUT2D eigenvalue weighted by molar-refractivity contribution is 5.94. The third-order valence-corrected chi connectivity index (χ3v) is 3.17. The molecule has 20 heavy (non-hydrogen) atoms. The monoisotopic (exact) mass is 279 g/mol. The van der Waals surface area contributed by atoms with Crippen molar-refractivity contribution in [1.29, 1.82) is 0 Å². The highest BCUT2D eigenvalue weighted by Crippen LogP contribution is 2.11. The molecule has 0 fully saturated rings. The molecule has 1 aromatic rings. The Hall–Kier alpha value is -1.95. The summed E-state index contributed by atoms with van der Waals surface area (Å²) in [6.07, 6.45) is 2.12. The molecule has 1 amide bonds. The molecule has 0 aliphatic carbocycles. The van der Waals surface area contributed by atoms with Crippen LogP contribution < -0.4 is 10.6 Å². The minimum atomic E-state index is -0.485. The van der Waals surface area contributed by atoms with E-state index in [1.54, 1.807) is 0 Å². The van der Waals surface area contributed by atoms with Gasteiger partial charge in [0.1, 0.15) is 0 Å². The molecule has 6 heteroatoms. The largest absolute Gasteiger partial charge is 0.351 e.